The van der Waals surface area contributed by atoms with E-state index in [1.807, 2.05) is 43.3 Å². The number of pyridine rings is 1. The SMILES string of the molecule is CCN1C(=O)/C(=C/c2ccc3cccnc3c2)SC1=S. The predicted octanol–water partition coefficient (Wildman–Crippen LogP) is 3.46. The molecule has 100 valence electrons. The van der Waals surface area contributed by atoms with Crippen molar-refractivity contribution in [1.29, 1.82) is 0 Å². The average Bonchev–Trinajstić information content (AvgIpc) is 2.73. The largest absolute Gasteiger partial charge is 0.293 e. The second-order valence-electron chi connectivity index (χ2n) is 4.38. The second-order valence-corrected chi connectivity index (χ2v) is 6.06. The number of nitrogens with zero attached hydrogens (tertiary/aromatic N) is 2. The Morgan fingerprint density at radius 1 is 1.40 bits per heavy atom. The van der Waals surface area contributed by atoms with Crippen LogP contribution in [0.2, 0.25) is 0 Å². The van der Waals surface area contributed by atoms with Crippen LogP contribution in [-0.4, -0.2) is 26.7 Å². The molecule has 0 unspecified atom stereocenters. The van der Waals surface area contributed by atoms with Crippen LogP contribution in [0.25, 0.3) is 17.0 Å². The molecule has 2 aromatic rings. The second kappa shape index (κ2) is 5.34. The van der Waals surface area contributed by atoms with Gasteiger partial charge in [-0.15, -0.1) is 0 Å². The van der Waals surface area contributed by atoms with Crippen LogP contribution in [0, 0.1) is 0 Å². The number of rotatable bonds is 2. The zero-order valence-corrected chi connectivity index (χ0v) is 12.5. The summed E-state index contributed by atoms with van der Waals surface area (Å²) in [6.07, 6.45) is 3.64. The van der Waals surface area contributed by atoms with Crippen molar-refractivity contribution in [2.75, 3.05) is 6.54 Å². The first kappa shape index (κ1) is 13.3. The standard InChI is InChI=1S/C15H12N2OS2/c1-2-17-14(18)13(20-15(17)19)9-10-5-6-11-4-3-7-16-12(11)8-10/h3-9H,2H2,1H3/b13-9-. The lowest BCUT2D eigenvalue weighted by atomic mass is 10.1. The molecule has 0 bridgehead atoms. The van der Waals surface area contributed by atoms with Gasteiger partial charge >= 0.3 is 0 Å². The van der Waals surface area contributed by atoms with Gasteiger partial charge in [0.15, 0.2) is 0 Å². The molecular formula is C15H12N2OS2. The number of thiocarbonyl (C=S) groups is 1. The van der Waals surface area contributed by atoms with Crippen molar-refractivity contribution in [3.8, 4) is 0 Å². The van der Waals surface area contributed by atoms with Gasteiger partial charge in [0.2, 0.25) is 0 Å². The van der Waals surface area contributed by atoms with Crippen LogP contribution in [0.5, 0.6) is 0 Å². The molecule has 1 saturated heterocycles. The summed E-state index contributed by atoms with van der Waals surface area (Å²) in [4.78, 5) is 18.8. The van der Waals surface area contributed by atoms with Crippen LogP contribution in [0.15, 0.2) is 41.4 Å². The molecule has 3 rings (SSSR count). The lowest BCUT2D eigenvalue weighted by Crippen LogP contribution is -2.27. The van der Waals surface area contributed by atoms with E-state index in [0.717, 1.165) is 16.5 Å². The minimum Gasteiger partial charge on any atom is -0.293 e. The third kappa shape index (κ3) is 2.34. The van der Waals surface area contributed by atoms with E-state index in [1.54, 1.807) is 11.1 Å². The van der Waals surface area contributed by atoms with Gasteiger partial charge in [0.1, 0.15) is 4.32 Å². The summed E-state index contributed by atoms with van der Waals surface area (Å²) in [6, 6.07) is 9.90. The number of benzene rings is 1. The van der Waals surface area contributed by atoms with Gasteiger partial charge in [0.05, 0.1) is 10.4 Å². The molecule has 0 N–H and O–H groups in total. The summed E-state index contributed by atoms with van der Waals surface area (Å²) in [7, 11) is 0. The molecule has 1 aliphatic rings. The number of hydrogen-bond donors (Lipinski definition) is 0. The number of aromatic nitrogens is 1. The molecule has 1 aliphatic heterocycles. The van der Waals surface area contributed by atoms with E-state index in [9.17, 15) is 4.79 Å². The fourth-order valence-corrected chi connectivity index (χ4v) is 3.48. The minimum absolute atomic E-state index is 0.0105. The van der Waals surface area contributed by atoms with Gasteiger partial charge in [-0.05, 0) is 30.7 Å². The zero-order valence-electron chi connectivity index (χ0n) is 10.9. The Labute approximate surface area is 126 Å². The summed E-state index contributed by atoms with van der Waals surface area (Å²) in [5.41, 5.74) is 1.89. The molecule has 1 aromatic carbocycles. The summed E-state index contributed by atoms with van der Waals surface area (Å²) >= 11 is 6.56. The number of carbonyl (C=O) groups is 1. The van der Waals surface area contributed by atoms with Crippen molar-refractivity contribution in [3.63, 3.8) is 0 Å². The summed E-state index contributed by atoms with van der Waals surface area (Å²) in [5.74, 6) is -0.0105. The van der Waals surface area contributed by atoms with Crippen LogP contribution in [0.1, 0.15) is 12.5 Å². The first-order chi connectivity index (χ1) is 9.69. The van der Waals surface area contributed by atoms with Crippen molar-refractivity contribution in [1.82, 2.24) is 9.88 Å². The molecule has 1 aromatic heterocycles. The fourth-order valence-electron chi connectivity index (χ4n) is 2.10. The van der Waals surface area contributed by atoms with Gasteiger partial charge < -0.3 is 0 Å². The van der Waals surface area contributed by atoms with Crippen LogP contribution in [0.4, 0.5) is 0 Å². The molecule has 0 aliphatic carbocycles. The number of likely N-dealkylation sites (N-methyl/N-ethyl adjacent to an activating group) is 1. The van der Waals surface area contributed by atoms with Gasteiger partial charge in [-0.25, -0.2) is 0 Å². The van der Waals surface area contributed by atoms with Crippen molar-refractivity contribution in [2.24, 2.45) is 0 Å². The third-order valence-corrected chi connectivity index (χ3v) is 4.50. The third-order valence-electron chi connectivity index (χ3n) is 3.12. The van der Waals surface area contributed by atoms with E-state index in [4.69, 9.17) is 12.2 Å². The van der Waals surface area contributed by atoms with Crippen LogP contribution in [0.3, 0.4) is 0 Å². The lowest BCUT2D eigenvalue weighted by Gasteiger charge is -2.09. The van der Waals surface area contributed by atoms with E-state index in [1.165, 1.54) is 11.8 Å². The zero-order chi connectivity index (χ0) is 14.1. The summed E-state index contributed by atoms with van der Waals surface area (Å²) in [6.45, 7) is 2.54. The van der Waals surface area contributed by atoms with Gasteiger partial charge in [-0.1, -0.05) is 42.2 Å². The average molecular weight is 300 g/mol. The molecular weight excluding hydrogens is 288 g/mol. The smallest absolute Gasteiger partial charge is 0.266 e. The molecule has 0 radical (unpaired) electrons. The highest BCUT2D eigenvalue weighted by atomic mass is 32.2. The Balaban J connectivity index is 1.98. The van der Waals surface area contributed by atoms with Crippen LogP contribution < -0.4 is 0 Å². The van der Waals surface area contributed by atoms with Gasteiger partial charge in [-0.3, -0.25) is 14.7 Å². The van der Waals surface area contributed by atoms with Crippen molar-refractivity contribution in [2.45, 2.75) is 6.92 Å². The first-order valence-corrected chi connectivity index (χ1v) is 7.51. The fraction of sp³-hybridized carbons (Fsp3) is 0.133. The molecule has 0 spiro atoms. The Morgan fingerprint density at radius 2 is 2.25 bits per heavy atom. The Hall–Kier alpha value is -1.72. The summed E-state index contributed by atoms with van der Waals surface area (Å²) in [5, 5.41) is 1.09. The number of thioether (sulfide) groups is 1. The monoisotopic (exact) mass is 300 g/mol. The Kier molecular flexibility index (Phi) is 3.54. The molecule has 2 heterocycles. The molecule has 5 heteroatoms. The van der Waals surface area contributed by atoms with Crippen LogP contribution >= 0.6 is 24.0 Å². The van der Waals surface area contributed by atoms with Crippen molar-refractivity contribution >= 4 is 51.2 Å². The number of hydrogen-bond acceptors (Lipinski definition) is 4. The van der Waals surface area contributed by atoms with E-state index in [0.29, 0.717) is 15.8 Å². The van der Waals surface area contributed by atoms with E-state index < -0.39 is 0 Å². The first-order valence-electron chi connectivity index (χ1n) is 6.29. The number of amides is 1. The normalized spacial score (nSPS) is 17.4. The lowest BCUT2D eigenvalue weighted by molar-refractivity contribution is -0.121. The quantitative estimate of drug-likeness (QED) is 0.628. The predicted molar refractivity (Wildman–Crippen MR) is 87.3 cm³/mol. The number of fused-ring (bicyclic) bond motifs is 1. The molecule has 0 saturated carbocycles. The topological polar surface area (TPSA) is 33.2 Å². The van der Waals surface area contributed by atoms with Crippen LogP contribution in [-0.2, 0) is 4.79 Å². The highest BCUT2D eigenvalue weighted by Crippen LogP contribution is 2.32. The van der Waals surface area contributed by atoms with Gasteiger partial charge in [0, 0.05) is 18.1 Å². The van der Waals surface area contributed by atoms with Crippen molar-refractivity contribution in [3.05, 3.63) is 47.0 Å². The Morgan fingerprint density at radius 3 is 3.00 bits per heavy atom. The minimum atomic E-state index is -0.0105. The van der Waals surface area contributed by atoms with Crippen molar-refractivity contribution < 1.29 is 4.79 Å². The van der Waals surface area contributed by atoms with E-state index in [-0.39, 0.29) is 5.91 Å². The van der Waals surface area contributed by atoms with Gasteiger partial charge in [0.25, 0.3) is 5.91 Å². The maximum Gasteiger partial charge on any atom is 0.266 e. The maximum absolute atomic E-state index is 12.1. The molecule has 20 heavy (non-hydrogen) atoms. The van der Waals surface area contributed by atoms with Gasteiger partial charge in [-0.2, -0.15) is 0 Å². The molecule has 1 fully saturated rings. The summed E-state index contributed by atoms with van der Waals surface area (Å²) < 4.78 is 0.627. The van der Waals surface area contributed by atoms with E-state index >= 15 is 0 Å². The highest BCUT2D eigenvalue weighted by molar-refractivity contribution is 8.26. The highest BCUT2D eigenvalue weighted by Gasteiger charge is 2.30. The molecule has 3 nitrogen and oxygen atoms in total. The number of carbonyl (C=O) groups excluding carboxylic acids is 1. The molecule has 0 atom stereocenters. The maximum atomic E-state index is 12.1. The molecule has 1 amide bonds. The Bertz CT molecular complexity index is 739. The van der Waals surface area contributed by atoms with E-state index in [2.05, 4.69) is 4.98 Å².